The largest absolute Gasteiger partial charge is 0.316 e. The lowest BCUT2D eigenvalue weighted by molar-refractivity contribution is 0.226. The van der Waals surface area contributed by atoms with Gasteiger partial charge >= 0.3 is 0 Å². The summed E-state index contributed by atoms with van der Waals surface area (Å²) in [6.07, 6.45) is 4.49. The highest BCUT2D eigenvalue weighted by Gasteiger charge is 2.25. The van der Waals surface area contributed by atoms with Crippen molar-refractivity contribution in [1.82, 2.24) is 15.6 Å². The first-order valence-electron chi connectivity index (χ1n) is 5.58. The Morgan fingerprint density at radius 1 is 1.67 bits per heavy atom. The molecule has 2 heterocycles. The number of rotatable bonds is 4. The average molecular weight is 225 g/mol. The highest BCUT2D eigenvalue weighted by atomic mass is 32.1. The van der Waals surface area contributed by atoms with E-state index in [2.05, 4.69) is 22.5 Å². The number of piperidine rings is 1. The van der Waals surface area contributed by atoms with E-state index < -0.39 is 0 Å². The maximum Gasteiger partial charge on any atom is 0.106 e. The van der Waals surface area contributed by atoms with Gasteiger partial charge in [-0.25, -0.2) is 4.98 Å². The van der Waals surface area contributed by atoms with Crippen molar-refractivity contribution in [2.45, 2.75) is 26.3 Å². The smallest absolute Gasteiger partial charge is 0.106 e. The molecule has 84 valence electrons. The molecule has 0 saturated carbocycles. The number of hydrogen-bond acceptors (Lipinski definition) is 4. The molecule has 1 fully saturated rings. The van der Waals surface area contributed by atoms with Gasteiger partial charge in [0.1, 0.15) is 5.01 Å². The number of thiazole rings is 1. The third-order valence-corrected chi connectivity index (χ3v) is 3.78. The van der Waals surface area contributed by atoms with Crippen LogP contribution in [0.15, 0.2) is 11.6 Å². The molecule has 1 atom stereocenters. The molecule has 15 heavy (non-hydrogen) atoms. The molecule has 1 saturated heterocycles. The zero-order chi connectivity index (χ0) is 10.6. The minimum Gasteiger partial charge on any atom is -0.316 e. The van der Waals surface area contributed by atoms with E-state index >= 15 is 0 Å². The Morgan fingerprint density at radius 3 is 3.27 bits per heavy atom. The van der Waals surface area contributed by atoms with Gasteiger partial charge in [-0.15, -0.1) is 11.3 Å². The zero-order valence-corrected chi connectivity index (χ0v) is 10.1. The highest BCUT2D eigenvalue weighted by Crippen LogP contribution is 2.24. The number of nitrogens with one attached hydrogen (secondary N) is 2. The van der Waals surface area contributed by atoms with Crippen LogP contribution in [0, 0.1) is 5.41 Å². The molecule has 0 spiro atoms. The third kappa shape index (κ3) is 3.26. The molecule has 3 nitrogen and oxygen atoms in total. The third-order valence-electron chi connectivity index (χ3n) is 3.00. The first-order valence-corrected chi connectivity index (χ1v) is 6.46. The van der Waals surface area contributed by atoms with Crippen molar-refractivity contribution in [3.63, 3.8) is 0 Å². The van der Waals surface area contributed by atoms with Crippen LogP contribution in [0.5, 0.6) is 0 Å². The fraction of sp³-hybridized carbons (Fsp3) is 0.727. The average Bonchev–Trinajstić information content (AvgIpc) is 2.71. The van der Waals surface area contributed by atoms with Crippen molar-refractivity contribution in [1.29, 1.82) is 0 Å². The molecule has 0 aliphatic carbocycles. The molecule has 1 aliphatic heterocycles. The van der Waals surface area contributed by atoms with Crippen molar-refractivity contribution >= 4 is 11.3 Å². The Hall–Kier alpha value is -0.450. The molecule has 0 radical (unpaired) electrons. The fourth-order valence-electron chi connectivity index (χ4n) is 2.08. The number of hydrogen-bond donors (Lipinski definition) is 2. The summed E-state index contributed by atoms with van der Waals surface area (Å²) in [5.41, 5.74) is 0.426. The molecule has 2 rings (SSSR count). The van der Waals surface area contributed by atoms with Gasteiger partial charge in [0, 0.05) is 31.2 Å². The lowest BCUT2D eigenvalue weighted by atomic mass is 9.83. The molecule has 1 aliphatic rings. The van der Waals surface area contributed by atoms with Crippen LogP contribution in [0.4, 0.5) is 0 Å². The molecule has 1 aromatic heterocycles. The summed E-state index contributed by atoms with van der Waals surface area (Å²) >= 11 is 1.72. The maximum absolute atomic E-state index is 4.26. The molecular weight excluding hydrogens is 206 g/mol. The SMILES string of the molecule is CC1(CNCc2nccs2)CCCNC1. The molecular formula is C11H19N3S. The van der Waals surface area contributed by atoms with Gasteiger partial charge in [-0.2, -0.15) is 0 Å². The van der Waals surface area contributed by atoms with Gasteiger partial charge in [-0.05, 0) is 24.8 Å². The Labute approximate surface area is 95.3 Å². The Kier molecular flexibility index (Phi) is 3.72. The van der Waals surface area contributed by atoms with E-state index in [1.54, 1.807) is 11.3 Å². The lowest BCUT2D eigenvalue weighted by Crippen LogP contribution is -2.44. The summed E-state index contributed by atoms with van der Waals surface area (Å²) in [7, 11) is 0. The highest BCUT2D eigenvalue weighted by molar-refractivity contribution is 7.09. The molecule has 1 unspecified atom stereocenters. The Balaban J connectivity index is 1.72. The van der Waals surface area contributed by atoms with Gasteiger partial charge in [-0.3, -0.25) is 0 Å². The van der Waals surface area contributed by atoms with Crippen LogP contribution >= 0.6 is 11.3 Å². The maximum atomic E-state index is 4.26. The van der Waals surface area contributed by atoms with Gasteiger partial charge < -0.3 is 10.6 Å². The van der Waals surface area contributed by atoms with Gasteiger partial charge in [0.15, 0.2) is 0 Å². The Bertz CT molecular complexity index is 278. The summed E-state index contributed by atoms with van der Waals surface area (Å²) in [5.74, 6) is 0. The van der Waals surface area contributed by atoms with Gasteiger partial charge in [0.25, 0.3) is 0 Å². The predicted molar refractivity (Wildman–Crippen MR) is 64.0 cm³/mol. The van der Waals surface area contributed by atoms with Gasteiger partial charge in [-0.1, -0.05) is 6.92 Å². The molecule has 0 aromatic carbocycles. The second-order valence-electron chi connectivity index (χ2n) is 4.62. The van der Waals surface area contributed by atoms with E-state index in [0.29, 0.717) is 5.41 Å². The standard InChI is InChI=1S/C11H19N3S/c1-11(3-2-4-12-8-11)9-13-7-10-14-5-6-15-10/h5-6,12-13H,2-4,7-9H2,1H3. The van der Waals surface area contributed by atoms with Crippen LogP contribution < -0.4 is 10.6 Å². The van der Waals surface area contributed by atoms with E-state index in [4.69, 9.17) is 0 Å². The lowest BCUT2D eigenvalue weighted by Gasteiger charge is -2.34. The van der Waals surface area contributed by atoms with Crippen LogP contribution in [0.3, 0.4) is 0 Å². The van der Waals surface area contributed by atoms with E-state index in [1.807, 2.05) is 11.6 Å². The van der Waals surface area contributed by atoms with Crippen LogP contribution in [0.2, 0.25) is 0 Å². The van der Waals surface area contributed by atoms with Crippen molar-refractivity contribution in [2.75, 3.05) is 19.6 Å². The fourth-order valence-corrected chi connectivity index (χ4v) is 2.67. The quantitative estimate of drug-likeness (QED) is 0.817. The zero-order valence-electron chi connectivity index (χ0n) is 9.25. The van der Waals surface area contributed by atoms with Crippen LogP contribution in [0.25, 0.3) is 0 Å². The topological polar surface area (TPSA) is 37.0 Å². The van der Waals surface area contributed by atoms with Crippen molar-refractivity contribution < 1.29 is 0 Å². The molecule has 1 aromatic rings. The van der Waals surface area contributed by atoms with Crippen LogP contribution in [-0.4, -0.2) is 24.6 Å². The summed E-state index contributed by atoms with van der Waals surface area (Å²) in [6.45, 7) is 6.67. The van der Waals surface area contributed by atoms with E-state index in [0.717, 1.165) is 19.6 Å². The van der Waals surface area contributed by atoms with Gasteiger partial charge in [0.2, 0.25) is 0 Å². The normalized spacial score (nSPS) is 26.7. The second kappa shape index (κ2) is 5.05. The Morgan fingerprint density at radius 2 is 2.60 bits per heavy atom. The second-order valence-corrected chi connectivity index (χ2v) is 5.60. The van der Waals surface area contributed by atoms with E-state index in [9.17, 15) is 0 Å². The summed E-state index contributed by atoms with van der Waals surface area (Å²) < 4.78 is 0. The van der Waals surface area contributed by atoms with Crippen molar-refractivity contribution in [3.05, 3.63) is 16.6 Å². The van der Waals surface area contributed by atoms with Crippen LogP contribution in [-0.2, 0) is 6.54 Å². The number of nitrogens with zero attached hydrogens (tertiary/aromatic N) is 1. The minimum atomic E-state index is 0.426. The molecule has 4 heteroatoms. The predicted octanol–water partition coefficient (Wildman–Crippen LogP) is 1.62. The molecule has 2 N–H and O–H groups in total. The summed E-state index contributed by atoms with van der Waals surface area (Å²) in [5, 5.41) is 10.2. The summed E-state index contributed by atoms with van der Waals surface area (Å²) in [6, 6.07) is 0. The van der Waals surface area contributed by atoms with E-state index in [1.165, 1.54) is 24.4 Å². The van der Waals surface area contributed by atoms with Crippen molar-refractivity contribution in [2.24, 2.45) is 5.41 Å². The number of aromatic nitrogens is 1. The van der Waals surface area contributed by atoms with E-state index in [-0.39, 0.29) is 0 Å². The van der Waals surface area contributed by atoms with Gasteiger partial charge in [0.05, 0.1) is 0 Å². The first kappa shape index (κ1) is 11.0. The van der Waals surface area contributed by atoms with Crippen molar-refractivity contribution in [3.8, 4) is 0 Å². The molecule has 0 amide bonds. The van der Waals surface area contributed by atoms with Crippen LogP contribution in [0.1, 0.15) is 24.8 Å². The molecule has 0 bridgehead atoms. The minimum absolute atomic E-state index is 0.426. The first-order chi connectivity index (χ1) is 7.29. The summed E-state index contributed by atoms with van der Waals surface area (Å²) in [4.78, 5) is 4.26. The monoisotopic (exact) mass is 225 g/mol.